The summed E-state index contributed by atoms with van der Waals surface area (Å²) in [6, 6.07) is 3.04. The van der Waals surface area contributed by atoms with Gasteiger partial charge in [-0.1, -0.05) is 0 Å². The number of nitrogens with one attached hydrogen (secondary N) is 1. The Labute approximate surface area is 151 Å². The fourth-order valence-corrected chi connectivity index (χ4v) is 1.71. The van der Waals surface area contributed by atoms with E-state index in [0.29, 0.717) is 0 Å². The highest BCUT2D eigenvalue weighted by molar-refractivity contribution is 5.89. The predicted molar refractivity (Wildman–Crippen MR) is 84.6 cm³/mol. The molecule has 1 aromatic carbocycles. The van der Waals surface area contributed by atoms with Crippen LogP contribution < -0.4 is 14.8 Å². The van der Waals surface area contributed by atoms with Crippen LogP contribution in [0.25, 0.3) is 6.08 Å². The number of ether oxygens (including phenoxy) is 4. The van der Waals surface area contributed by atoms with E-state index < -0.39 is 43.2 Å². The third-order valence-corrected chi connectivity index (χ3v) is 2.80. The van der Waals surface area contributed by atoms with E-state index in [2.05, 4.69) is 19.5 Å². The molecule has 0 atom stereocenters. The number of alkyl halides is 4. The van der Waals surface area contributed by atoms with Gasteiger partial charge in [-0.15, -0.1) is 0 Å². The van der Waals surface area contributed by atoms with Crippen LogP contribution in [0.1, 0.15) is 5.56 Å². The van der Waals surface area contributed by atoms with E-state index >= 15 is 0 Å². The number of rotatable bonds is 11. The Morgan fingerprint density at radius 2 is 1.85 bits per heavy atom. The molecule has 1 aromatic rings. The van der Waals surface area contributed by atoms with Crippen molar-refractivity contribution < 1.29 is 46.1 Å². The van der Waals surface area contributed by atoms with Gasteiger partial charge in [0.15, 0.2) is 6.61 Å². The summed E-state index contributed by atoms with van der Waals surface area (Å²) in [5.74, 6) is -2.35. The van der Waals surface area contributed by atoms with Crippen LogP contribution in [0.5, 0.6) is 11.5 Å². The first-order valence-corrected chi connectivity index (χ1v) is 7.46. The molecule has 1 amide bonds. The number of hydrogen-bond donors (Lipinski definition) is 1. The Kier molecular flexibility index (Phi) is 9.65. The molecule has 0 fully saturated rings. The van der Waals surface area contributed by atoms with Gasteiger partial charge in [-0.3, -0.25) is 4.79 Å². The average Bonchev–Trinajstić information content (AvgIpc) is 2.58. The van der Waals surface area contributed by atoms with Crippen LogP contribution in [-0.4, -0.2) is 52.0 Å². The zero-order valence-electron chi connectivity index (χ0n) is 14.1. The number of benzene rings is 1. The molecule has 0 spiro atoms. The van der Waals surface area contributed by atoms with E-state index in [1.807, 2.05) is 0 Å². The lowest BCUT2D eigenvalue weighted by Gasteiger charge is -2.11. The van der Waals surface area contributed by atoms with Crippen molar-refractivity contribution in [2.24, 2.45) is 0 Å². The summed E-state index contributed by atoms with van der Waals surface area (Å²) in [5.41, 5.74) is -0.0154. The summed E-state index contributed by atoms with van der Waals surface area (Å²) in [7, 11) is 1.45. The fourth-order valence-electron chi connectivity index (χ4n) is 1.71. The maximum absolute atomic E-state index is 12.5. The first kappa shape index (κ1) is 22.2. The lowest BCUT2D eigenvalue weighted by atomic mass is 10.1. The molecule has 0 saturated heterocycles. The minimum Gasteiger partial charge on any atom is -0.452 e. The Bertz CT molecular complexity index is 654. The van der Waals surface area contributed by atoms with Crippen molar-refractivity contribution in [3.8, 4) is 11.5 Å². The molecule has 27 heavy (non-hydrogen) atoms. The minimum absolute atomic E-state index is 0.0154. The van der Waals surface area contributed by atoms with Gasteiger partial charge in [0.05, 0.1) is 6.61 Å². The molecular formula is C16H17F4NO6. The lowest BCUT2D eigenvalue weighted by Crippen LogP contribution is -2.31. The van der Waals surface area contributed by atoms with Crippen LogP contribution in [-0.2, 0) is 19.1 Å². The molecule has 1 rings (SSSR count). The third-order valence-electron chi connectivity index (χ3n) is 2.80. The van der Waals surface area contributed by atoms with E-state index in [9.17, 15) is 27.2 Å². The van der Waals surface area contributed by atoms with Crippen molar-refractivity contribution in [2.45, 2.75) is 13.2 Å². The topological polar surface area (TPSA) is 83.1 Å². The Balaban J connectivity index is 2.69. The number of methoxy groups -OCH3 is 1. The minimum atomic E-state index is -3.22. The molecule has 11 heteroatoms. The largest absolute Gasteiger partial charge is 0.452 e. The predicted octanol–water partition coefficient (Wildman–Crippen LogP) is 2.21. The Morgan fingerprint density at radius 1 is 1.15 bits per heavy atom. The normalized spacial score (nSPS) is 11.1. The highest BCUT2D eigenvalue weighted by atomic mass is 19.3. The second-order valence-corrected chi connectivity index (χ2v) is 4.74. The summed E-state index contributed by atoms with van der Waals surface area (Å²) in [5, 5.41) is 2.42. The SMILES string of the molecule is COCCNC(=O)COC(=O)/C=C/c1ccc(OC(F)F)cc1OC(F)F. The van der Waals surface area contributed by atoms with Gasteiger partial charge in [-0.25, -0.2) is 4.79 Å². The first-order valence-electron chi connectivity index (χ1n) is 7.46. The van der Waals surface area contributed by atoms with E-state index in [-0.39, 0.29) is 18.7 Å². The standard InChI is InChI=1S/C16H17F4NO6/c1-24-7-6-21-13(22)9-25-14(23)5-3-10-2-4-11(26-15(17)18)8-12(10)27-16(19)20/h2-5,8,15-16H,6-7,9H2,1H3,(H,21,22)/b5-3+. The molecule has 150 valence electrons. The van der Waals surface area contributed by atoms with Crippen molar-refractivity contribution in [1.82, 2.24) is 5.32 Å². The fraction of sp³-hybridized carbons (Fsp3) is 0.375. The highest BCUT2D eigenvalue weighted by Crippen LogP contribution is 2.28. The van der Waals surface area contributed by atoms with Crippen molar-refractivity contribution in [3.05, 3.63) is 29.8 Å². The Morgan fingerprint density at radius 3 is 2.48 bits per heavy atom. The zero-order chi connectivity index (χ0) is 20.2. The molecule has 0 aliphatic carbocycles. The molecule has 0 aliphatic rings. The molecule has 0 aliphatic heterocycles. The number of halogens is 4. The van der Waals surface area contributed by atoms with Gasteiger partial charge in [0.25, 0.3) is 5.91 Å². The van der Waals surface area contributed by atoms with Crippen molar-refractivity contribution in [3.63, 3.8) is 0 Å². The maximum Gasteiger partial charge on any atom is 0.387 e. The number of amides is 1. The van der Waals surface area contributed by atoms with Gasteiger partial charge in [-0.05, 0) is 18.2 Å². The summed E-state index contributed by atoms with van der Waals surface area (Å²) in [4.78, 5) is 22.9. The highest BCUT2D eigenvalue weighted by Gasteiger charge is 2.13. The van der Waals surface area contributed by atoms with Crippen molar-refractivity contribution in [2.75, 3.05) is 26.9 Å². The van der Waals surface area contributed by atoms with Crippen LogP contribution in [0.3, 0.4) is 0 Å². The summed E-state index contributed by atoms with van der Waals surface area (Å²) >= 11 is 0. The Hall–Kier alpha value is -2.82. The van der Waals surface area contributed by atoms with E-state index in [4.69, 9.17) is 4.74 Å². The van der Waals surface area contributed by atoms with E-state index in [1.54, 1.807) is 0 Å². The van der Waals surface area contributed by atoms with Gasteiger partial charge in [-0.2, -0.15) is 17.6 Å². The van der Waals surface area contributed by atoms with Gasteiger partial charge >= 0.3 is 19.2 Å². The number of esters is 1. The molecule has 0 heterocycles. The lowest BCUT2D eigenvalue weighted by molar-refractivity contribution is -0.143. The van der Waals surface area contributed by atoms with E-state index in [0.717, 1.165) is 30.4 Å². The molecular weight excluding hydrogens is 378 g/mol. The monoisotopic (exact) mass is 395 g/mol. The van der Waals surface area contributed by atoms with Crippen LogP contribution in [0, 0.1) is 0 Å². The van der Waals surface area contributed by atoms with Gasteiger partial charge < -0.3 is 24.3 Å². The maximum atomic E-state index is 12.5. The smallest absolute Gasteiger partial charge is 0.387 e. The van der Waals surface area contributed by atoms with E-state index in [1.165, 1.54) is 7.11 Å². The van der Waals surface area contributed by atoms with Crippen molar-refractivity contribution >= 4 is 18.0 Å². The molecule has 0 saturated carbocycles. The van der Waals surface area contributed by atoms with Crippen LogP contribution in [0.4, 0.5) is 17.6 Å². The van der Waals surface area contributed by atoms with Gasteiger partial charge in [0, 0.05) is 31.4 Å². The quantitative estimate of drug-likeness (QED) is 0.268. The second-order valence-electron chi connectivity index (χ2n) is 4.74. The molecule has 0 aromatic heterocycles. The molecule has 0 unspecified atom stereocenters. The number of carbonyl (C=O) groups is 2. The molecule has 1 N–H and O–H groups in total. The van der Waals surface area contributed by atoms with Crippen molar-refractivity contribution in [1.29, 1.82) is 0 Å². The van der Waals surface area contributed by atoms with Gasteiger partial charge in [0.2, 0.25) is 0 Å². The zero-order valence-corrected chi connectivity index (χ0v) is 14.1. The van der Waals surface area contributed by atoms with Crippen LogP contribution in [0.15, 0.2) is 24.3 Å². The number of carbonyl (C=O) groups excluding carboxylic acids is 2. The summed E-state index contributed by atoms with van der Waals surface area (Å²) < 4.78 is 67.0. The molecule has 0 radical (unpaired) electrons. The molecule has 7 nitrogen and oxygen atoms in total. The average molecular weight is 395 g/mol. The summed E-state index contributed by atoms with van der Waals surface area (Å²) in [6.07, 6.45) is 1.93. The summed E-state index contributed by atoms with van der Waals surface area (Å²) in [6.45, 7) is -6.38. The van der Waals surface area contributed by atoms with Crippen LogP contribution >= 0.6 is 0 Å². The molecule has 0 bridgehead atoms. The second kappa shape index (κ2) is 11.7. The third kappa shape index (κ3) is 9.45. The van der Waals surface area contributed by atoms with Crippen LogP contribution in [0.2, 0.25) is 0 Å². The number of hydrogen-bond acceptors (Lipinski definition) is 6. The van der Waals surface area contributed by atoms with Gasteiger partial charge in [0.1, 0.15) is 11.5 Å². The first-order chi connectivity index (χ1) is 12.8.